The fraction of sp³-hybridized carbons (Fsp3) is 0.368. The highest BCUT2D eigenvalue weighted by molar-refractivity contribution is 6.08. The normalized spacial score (nSPS) is 10.9. The molecule has 1 amide bonds. The molecular formula is C19H23N7O4. The maximum absolute atomic E-state index is 12.6. The number of methoxy groups -OCH3 is 1. The zero-order valence-electron chi connectivity index (χ0n) is 17.4. The van der Waals surface area contributed by atoms with Gasteiger partial charge in [0.05, 0.1) is 24.5 Å². The lowest BCUT2D eigenvalue weighted by Crippen LogP contribution is -2.16. The van der Waals surface area contributed by atoms with Crippen molar-refractivity contribution in [3.63, 3.8) is 0 Å². The van der Waals surface area contributed by atoms with Crippen LogP contribution in [0.2, 0.25) is 0 Å². The standard InChI is InChI=1S/C19H23N7O4/c1-11(2)26-15(21-23-24-26)10-30-14-8-6-13(7-9-14)18(27)20-16-12(3)22-25(4)17(16)19(28)29-5/h6-9,11H,10H2,1-5H3,(H,20,27). The van der Waals surface area contributed by atoms with E-state index in [0.717, 1.165) is 0 Å². The molecular weight excluding hydrogens is 390 g/mol. The molecule has 0 aliphatic heterocycles. The molecule has 11 nitrogen and oxygen atoms in total. The number of carbonyl (C=O) groups excluding carboxylic acids is 2. The Morgan fingerprint density at radius 2 is 1.90 bits per heavy atom. The van der Waals surface area contributed by atoms with Crippen molar-refractivity contribution < 1.29 is 19.1 Å². The van der Waals surface area contributed by atoms with Crippen molar-refractivity contribution in [3.05, 3.63) is 47.0 Å². The third kappa shape index (κ3) is 4.29. The monoisotopic (exact) mass is 413 g/mol. The predicted octanol–water partition coefficient (Wildman–Crippen LogP) is 1.91. The van der Waals surface area contributed by atoms with Crippen LogP contribution in [0.4, 0.5) is 5.69 Å². The summed E-state index contributed by atoms with van der Waals surface area (Å²) in [5.41, 5.74) is 1.39. The van der Waals surface area contributed by atoms with Crippen LogP contribution in [0.3, 0.4) is 0 Å². The van der Waals surface area contributed by atoms with E-state index >= 15 is 0 Å². The highest BCUT2D eigenvalue weighted by Crippen LogP contribution is 2.22. The number of ether oxygens (including phenoxy) is 2. The molecule has 0 bridgehead atoms. The number of nitrogens with one attached hydrogen (secondary N) is 1. The Kier molecular flexibility index (Phi) is 6.09. The molecule has 158 valence electrons. The molecule has 3 rings (SSSR count). The predicted molar refractivity (Wildman–Crippen MR) is 106 cm³/mol. The Morgan fingerprint density at radius 3 is 2.53 bits per heavy atom. The second kappa shape index (κ2) is 8.72. The molecule has 0 atom stereocenters. The fourth-order valence-electron chi connectivity index (χ4n) is 2.88. The van der Waals surface area contributed by atoms with Gasteiger partial charge in [0.2, 0.25) is 0 Å². The van der Waals surface area contributed by atoms with Gasteiger partial charge in [-0.3, -0.25) is 9.48 Å². The molecule has 0 saturated carbocycles. The minimum Gasteiger partial charge on any atom is -0.486 e. The van der Waals surface area contributed by atoms with Crippen molar-refractivity contribution in [2.45, 2.75) is 33.4 Å². The van der Waals surface area contributed by atoms with E-state index in [1.165, 1.54) is 11.8 Å². The van der Waals surface area contributed by atoms with Crippen LogP contribution in [-0.2, 0) is 18.4 Å². The first-order chi connectivity index (χ1) is 14.3. The molecule has 1 aromatic carbocycles. The molecule has 30 heavy (non-hydrogen) atoms. The molecule has 11 heteroatoms. The van der Waals surface area contributed by atoms with Crippen LogP contribution in [0, 0.1) is 6.92 Å². The van der Waals surface area contributed by atoms with Crippen LogP contribution in [0.15, 0.2) is 24.3 Å². The zero-order valence-corrected chi connectivity index (χ0v) is 17.4. The summed E-state index contributed by atoms with van der Waals surface area (Å²) in [5.74, 6) is 0.208. The van der Waals surface area contributed by atoms with Crippen molar-refractivity contribution in [3.8, 4) is 5.75 Å². The Labute approximate surface area is 173 Å². The van der Waals surface area contributed by atoms with E-state index < -0.39 is 5.97 Å². The number of rotatable bonds is 7. The highest BCUT2D eigenvalue weighted by atomic mass is 16.5. The molecule has 3 aromatic rings. The number of hydrogen-bond donors (Lipinski definition) is 1. The Bertz CT molecular complexity index is 1050. The summed E-state index contributed by atoms with van der Waals surface area (Å²) in [7, 11) is 2.88. The van der Waals surface area contributed by atoms with E-state index in [2.05, 4.69) is 25.9 Å². The zero-order chi connectivity index (χ0) is 21.8. The van der Waals surface area contributed by atoms with Gasteiger partial charge in [0.15, 0.2) is 11.5 Å². The first-order valence-electron chi connectivity index (χ1n) is 9.24. The lowest BCUT2D eigenvalue weighted by molar-refractivity contribution is 0.0589. The van der Waals surface area contributed by atoms with Gasteiger partial charge in [-0.2, -0.15) is 5.10 Å². The van der Waals surface area contributed by atoms with Gasteiger partial charge in [-0.25, -0.2) is 9.48 Å². The van der Waals surface area contributed by atoms with E-state index in [-0.39, 0.29) is 24.2 Å². The van der Waals surface area contributed by atoms with Crippen molar-refractivity contribution in [2.75, 3.05) is 12.4 Å². The van der Waals surface area contributed by atoms with Gasteiger partial charge < -0.3 is 14.8 Å². The van der Waals surface area contributed by atoms with Gasteiger partial charge in [-0.1, -0.05) is 0 Å². The topological polar surface area (TPSA) is 126 Å². The number of aromatic nitrogens is 6. The highest BCUT2D eigenvalue weighted by Gasteiger charge is 2.22. The summed E-state index contributed by atoms with van der Waals surface area (Å²) in [6.45, 7) is 5.85. The Morgan fingerprint density at radius 1 is 1.20 bits per heavy atom. The van der Waals surface area contributed by atoms with E-state index in [0.29, 0.717) is 28.5 Å². The summed E-state index contributed by atoms with van der Waals surface area (Å²) < 4.78 is 13.5. The average molecular weight is 413 g/mol. The van der Waals surface area contributed by atoms with Crippen LogP contribution in [0.5, 0.6) is 5.75 Å². The number of hydrogen-bond acceptors (Lipinski definition) is 8. The molecule has 0 aliphatic rings. The van der Waals surface area contributed by atoms with Crippen molar-refractivity contribution in [2.24, 2.45) is 7.05 Å². The van der Waals surface area contributed by atoms with Gasteiger partial charge >= 0.3 is 5.97 Å². The molecule has 0 radical (unpaired) electrons. The van der Waals surface area contributed by atoms with Crippen molar-refractivity contribution >= 4 is 17.6 Å². The van der Waals surface area contributed by atoms with Crippen LogP contribution >= 0.6 is 0 Å². The van der Waals surface area contributed by atoms with Crippen LogP contribution in [-0.4, -0.2) is 49.0 Å². The smallest absolute Gasteiger partial charge is 0.358 e. The third-order valence-electron chi connectivity index (χ3n) is 4.37. The second-order valence-electron chi connectivity index (χ2n) is 6.82. The van der Waals surface area contributed by atoms with Gasteiger partial charge in [-0.05, 0) is 55.5 Å². The van der Waals surface area contributed by atoms with E-state index in [1.54, 1.807) is 42.9 Å². The first kappa shape index (κ1) is 21.0. The van der Waals surface area contributed by atoms with Crippen LogP contribution in [0.25, 0.3) is 0 Å². The van der Waals surface area contributed by atoms with E-state index in [1.807, 2.05) is 13.8 Å². The Hall–Kier alpha value is -3.76. The van der Waals surface area contributed by atoms with Gasteiger partial charge in [-0.15, -0.1) is 5.10 Å². The maximum Gasteiger partial charge on any atom is 0.358 e. The van der Waals surface area contributed by atoms with Crippen LogP contribution in [0.1, 0.15) is 52.3 Å². The number of nitrogens with zero attached hydrogens (tertiary/aromatic N) is 6. The number of tetrazole rings is 1. The Balaban J connectivity index is 1.69. The summed E-state index contributed by atoms with van der Waals surface area (Å²) in [6, 6.07) is 6.72. The number of esters is 1. The van der Waals surface area contributed by atoms with E-state index in [4.69, 9.17) is 9.47 Å². The molecule has 0 aliphatic carbocycles. The SMILES string of the molecule is COC(=O)c1c(NC(=O)c2ccc(OCc3nnnn3C(C)C)cc2)c(C)nn1C. The minimum atomic E-state index is -0.583. The molecule has 2 aromatic heterocycles. The molecule has 2 heterocycles. The van der Waals surface area contributed by atoms with Gasteiger partial charge in [0.25, 0.3) is 5.91 Å². The summed E-state index contributed by atoms with van der Waals surface area (Å²) in [5, 5.41) is 18.4. The first-order valence-corrected chi connectivity index (χ1v) is 9.24. The quantitative estimate of drug-likeness (QED) is 0.582. The fourth-order valence-corrected chi connectivity index (χ4v) is 2.88. The molecule has 0 spiro atoms. The number of carbonyl (C=O) groups is 2. The summed E-state index contributed by atoms with van der Waals surface area (Å²) in [4.78, 5) is 24.6. The summed E-state index contributed by atoms with van der Waals surface area (Å²) in [6.07, 6.45) is 0. The molecule has 0 fully saturated rings. The van der Waals surface area contributed by atoms with E-state index in [9.17, 15) is 9.59 Å². The van der Waals surface area contributed by atoms with Crippen LogP contribution < -0.4 is 10.1 Å². The number of aryl methyl sites for hydroxylation is 2. The lowest BCUT2D eigenvalue weighted by Gasteiger charge is -2.10. The third-order valence-corrected chi connectivity index (χ3v) is 4.37. The van der Waals surface area contributed by atoms with Gasteiger partial charge in [0, 0.05) is 12.6 Å². The number of amides is 1. The lowest BCUT2D eigenvalue weighted by atomic mass is 10.2. The summed E-state index contributed by atoms with van der Waals surface area (Å²) >= 11 is 0. The number of benzene rings is 1. The molecule has 0 saturated heterocycles. The minimum absolute atomic E-state index is 0.121. The number of anilines is 1. The van der Waals surface area contributed by atoms with Crippen molar-refractivity contribution in [1.29, 1.82) is 0 Å². The molecule has 0 unspecified atom stereocenters. The van der Waals surface area contributed by atoms with Crippen molar-refractivity contribution in [1.82, 2.24) is 30.0 Å². The largest absolute Gasteiger partial charge is 0.486 e. The average Bonchev–Trinajstić information content (AvgIpc) is 3.30. The van der Waals surface area contributed by atoms with Gasteiger partial charge in [0.1, 0.15) is 12.4 Å². The maximum atomic E-state index is 12.6. The second-order valence-corrected chi connectivity index (χ2v) is 6.82. The molecule has 1 N–H and O–H groups in total.